The zero-order chi connectivity index (χ0) is 19.3. The summed E-state index contributed by atoms with van der Waals surface area (Å²) < 4.78 is 27.3. The van der Waals surface area contributed by atoms with E-state index in [4.69, 9.17) is 0 Å². The Morgan fingerprint density at radius 1 is 1.07 bits per heavy atom. The number of carbonyl (C=O) groups is 1. The summed E-state index contributed by atoms with van der Waals surface area (Å²) in [5.41, 5.74) is 1.44. The van der Waals surface area contributed by atoms with E-state index in [1.165, 1.54) is 12.1 Å². The molecule has 7 heteroatoms. The maximum absolute atomic E-state index is 12.7. The Kier molecular flexibility index (Phi) is 5.83. The van der Waals surface area contributed by atoms with Gasteiger partial charge in [-0.05, 0) is 36.8 Å². The highest BCUT2D eigenvalue weighted by atomic mass is 32.2. The molecule has 27 heavy (non-hydrogen) atoms. The van der Waals surface area contributed by atoms with Crippen LogP contribution in [0.2, 0.25) is 0 Å². The number of rotatable bonds is 7. The molecule has 0 radical (unpaired) electrons. The molecular formula is C20H21N3O3S. The van der Waals surface area contributed by atoms with Crippen molar-refractivity contribution in [1.82, 2.24) is 9.71 Å². The van der Waals surface area contributed by atoms with Gasteiger partial charge >= 0.3 is 0 Å². The van der Waals surface area contributed by atoms with E-state index in [2.05, 4.69) is 15.0 Å². The fraction of sp³-hybridized carbons (Fsp3) is 0.200. The quantitative estimate of drug-likeness (QED) is 0.611. The van der Waals surface area contributed by atoms with Crippen LogP contribution in [0, 0.1) is 0 Å². The highest BCUT2D eigenvalue weighted by Gasteiger charge is 2.15. The van der Waals surface area contributed by atoms with E-state index in [-0.39, 0.29) is 10.8 Å². The van der Waals surface area contributed by atoms with Gasteiger partial charge in [-0.1, -0.05) is 37.6 Å². The molecule has 0 saturated heterocycles. The predicted octanol–water partition coefficient (Wildman–Crippen LogP) is 3.57. The Morgan fingerprint density at radius 3 is 2.67 bits per heavy atom. The summed E-state index contributed by atoms with van der Waals surface area (Å²) in [5, 5.41) is 3.62. The number of hydrogen-bond donors (Lipinski definition) is 2. The number of aromatic nitrogens is 1. The molecule has 0 unspecified atom stereocenters. The maximum Gasteiger partial charge on any atom is 0.257 e. The van der Waals surface area contributed by atoms with Gasteiger partial charge in [0.1, 0.15) is 0 Å². The van der Waals surface area contributed by atoms with Crippen molar-refractivity contribution in [2.75, 3.05) is 11.9 Å². The van der Waals surface area contributed by atoms with Crippen LogP contribution in [0.3, 0.4) is 0 Å². The lowest BCUT2D eigenvalue weighted by molar-refractivity contribution is 0.102. The van der Waals surface area contributed by atoms with Crippen LogP contribution in [-0.2, 0) is 10.0 Å². The van der Waals surface area contributed by atoms with E-state index >= 15 is 0 Å². The molecule has 1 aromatic heterocycles. The maximum atomic E-state index is 12.7. The SMILES string of the molecule is CCCCNS(=O)(=O)c1cccc(NC(=O)c2cccc3cccnc23)c1. The van der Waals surface area contributed by atoms with Gasteiger partial charge in [-0.25, -0.2) is 13.1 Å². The third-order valence-electron chi connectivity index (χ3n) is 4.10. The zero-order valence-electron chi connectivity index (χ0n) is 15.0. The van der Waals surface area contributed by atoms with Crippen LogP contribution >= 0.6 is 0 Å². The second kappa shape index (κ2) is 8.28. The van der Waals surface area contributed by atoms with Crippen molar-refractivity contribution in [2.24, 2.45) is 0 Å². The minimum Gasteiger partial charge on any atom is -0.322 e. The minimum absolute atomic E-state index is 0.118. The van der Waals surface area contributed by atoms with Crippen molar-refractivity contribution in [1.29, 1.82) is 0 Å². The first-order chi connectivity index (χ1) is 13.0. The summed E-state index contributed by atoms with van der Waals surface area (Å²) >= 11 is 0. The molecule has 6 nitrogen and oxygen atoms in total. The van der Waals surface area contributed by atoms with Crippen LogP contribution in [0.1, 0.15) is 30.1 Å². The number of para-hydroxylation sites is 1. The lowest BCUT2D eigenvalue weighted by Gasteiger charge is -2.10. The number of carbonyl (C=O) groups excluding carboxylic acids is 1. The van der Waals surface area contributed by atoms with Gasteiger partial charge in [-0.3, -0.25) is 9.78 Å². The molecule has 0 bridgehead atoms. The molecule has 0 aliphatic heterocycles. The average molecular weight is 383 g/mol. The number of hydrogen-bond acceptors (Lipinski definition) is 4. The topological polar surface area (TPSA) is 88.2 Å². The van der Waals surface area contributed by atoms with Gasteiger partial charge in [0.2, 0.25) is 10.0 Å². The number of anilines is 1. The van der Waals surface area contributed by atoms with E-state index in [1.807, 2.05) is 25.1 Å². The monoisotopic (exact) mass is 383 g/mol. The summed E-state index contributed by atoms with van der Waals surface area (Å²) in [7, 11) is -3.60. The van der Waals surface area contributed by atoms with Crippen LogP contribution in [0.15, 0.2) is 65.7 Å². The van der Waals surface area contributed by atoms with Crippen molar-refractivity contribution in [3.63, 3.8) is 0 Å². The Hall–Kier alpha value is -2.77. The molecule has 3 aromatic rings. The summed E-state index contributed by atoms with van der Waals surface area (Å²) in [6.07, 6.45) is 3.30. The highest BCUT2D eigenvalue weighted by molar-refractivity contribution is 7.89. The van der Waals surface area contributed by atoms with Gasteiger partial charge in [0.15, 0.2) is 0 Å². The smallest absolute Gasteiger partial charge is 0.257 e. The van der Waals surface area contributed by atoms with E-state index in [1.54, 1.807) is 30.5 Å². The van der Waals surface area contributed by atoms with Crippen molar-refractivity contribution < 1.29 is 13.2 Å². The molecular weight excluding hydrogens is 362 g/mol. The predicted molar refractivity (Wildman–Crippen MR) is 106 cm³/mol. The molecule has 3 rings (SSSR count). The second-order valence-electron chi connectivity index (χ2n) is 6.11. The first-order valence-electron chi connectivity index (χ1n) is 8.76. The number of amides is 1. The van der Waals surface area contributed by atoms with Gasteiger partial charge in [-0.2, -0.15) is 0 Å². The molecule has 140 valence electrons. The summed E-state index contributed by atoms with van der Waals surface area (Å²) in [6.45, 7) is 2.38. The number of benzene rings is 2. The molecule has 0 fully saturated rings. The lowest BCUT2D eigenvalue weighted by atomic mass is 10.1. The Morgan fingerprint density at radius 2 is 1.85 bits per heavy atom. The number of sulfonamides is 1. The Bertz CT molecular complexity index is 1060. The first-order valence-corrected chi connectivity index (χ1v) is 10.2. The van der Waals surface area contributed by atoms with Crippen LogP contribution in [-0.4, -0.2) is 25.9 Å². The van der Waals surface area contributed by atoms with Crippen LogP contribution in [0.5, 0.6) is 0 Å². The lowest BCUT2D eigenvalue weighted by Crippen LogP contribution is -2.24. The first kappa shape index (κ1) is 19.0. The van der Waals surface area contributed by atoms with Crippen molar-refractivity contribution in [3.8, 4) is 0 Å². The standard InChI is InChI=1S/C20H21N3O3S/c1-2-3-13-22-27(25,26)17-10-5-9-16(14-17)23-20(24)18-11-4-7-15-8-6-12-21-19(15)18/h4-12,14,22H,2-3,13H2,1H3,(H,23,24). The average Bonchev–Trinajstić information content (AvgIpc) is 2.68. The van der Waals surface area contributed by atoms with Gasteiger partial charge in [0, 0.05) is 23.8 Å². The molecule has 2 aromatic carbocycles. The van der Waals surface area contributed by atoms with Crippen LogP contribution in [0.25, 0.3) is 10.9 Å². The minimum atomic E-state index is -3.60. The van der Waals surface area contributed by atoms with Crippen LogP contribution < -0.4 is 10.0 Å². The van der Waals surface area contributed by atoms with Crippen molar-refractivity contribution in [3.05, 3.63) is 66.4 Å². The van der Waals surface area contributed by atoms with Gasteiger partial charge in [0.25, 0.3) is 5.91 Å². The fourth-order valence-corrected chi connectivity index (χ4v) is 3.81. The molecule has 0 aliphatic rings. The van der Waals surface area contributed by atoms with Gasteiger partial charge < -0.3 is 5.32 Å². The molecule has 1 heterocycles. The summed E-state index contributed by atoms with van der Waals surface area (Å²) in [6, 6.07) is 15.3. The number of unbranched alkanes of at least 4 members (excludes halogenated alkanes) is 1. The van der Waals surface area contributed by atoms with Crippen LogP contribution in [0.4, 0.5) is 5.69 Å². The van der Waals surface area contributed by atoms with Crippen molar-refractivity contribution in [2.45, 2.75) is 24.7 Å². The number of fused-ring (bicyclic) bond motifs is 1. The number of nitrogens with one attached hydrogen (secondary N) is 2. The Balaban J connectivity index is 1.83. The molecule has 1 amide bonds. The van der Waals surface area contributed by atoms with E-state index in [0.717, 1.165) is 18.2 Å². The Labute approximate surface area is 158 Å². The van der Waals surface area contributed by atoms with E-state index < -0.39 is 10.0 Å². The highest BCUT2D eigenvalue weighted by Crippen LogP contribution is 2.19. The van der Waals surface area contributed by atoms with E-state index in [0.29, 0.717) is 23.3 Å². The summed E-state index contributed by atoms with van der Waals surface area (Å²) in [4.78, 5) is 17.1. The molecule has 0 saturated carbocycles. The zero-order valence-corrected chi connectivity index (χ0v) is 15.8. The molecule has 0 spiro atoms. The molecule has 2 N–H and O–H groups in total. The van der Waals surface area contributed by atoms with E-state index in [9.17, 15) is 13.2 Å². The number of pyridine rings is 1. The normalized spacial score (nSPS) is 11.4. The molecule has 0 aliphatic carbocycles. The third-order valence-corrected chi connectivity index (χ3v) is 5.56. The number of nitrogens with zero attached hydrogens (tertiary/aromatic N) is 1. The fourth-order valence-electron chi connectivity index (χ4n) is 2.69. The largest absolute Gasteiger partial charge is 0.322 e. The molecule has 0 atom stereocenters. The second-order valence-corrected chi connectivity index (χ2v) is 7.88. The van der Waals surface area contributed by atoms with Crippen molar-refractivity contribution >= 4 is 32.5 Å². The van der Waals surface area contributed by atoms with Gasteiger partial charge in [0.05, 0.1) is 16.0 Å². The third kappa shape index (κ3) is 4.50. The van der Waals surface area contributed by atoms with Gasteiger partial charge in [-0.15, -0.1) is 0 Å². The summed E-state index contributed by atoms with van der Waals surface area (Å²) in [5.74, 6) is -0.340.